The SMILES string of the molecule is CN(Cc1ccccc1)CC1C=CCCC1. The van der Waals surface area contributed by atoms with Crippen LogP contribution in [0.4, 0.5) is 0 Å². The average Bonchev–Trinajstić information content (AvgIpc) is 2.31. The summed E-state index contributed by atoms with van der Waals surface area (Å²) in [6, 6.07) is 10.7. The number of nitrogens with zero attached hydrogens (tertiary/aromatic N) is 1. The lowest BCUT2D eigenvalue weighted by atomic mass is 9.95. The Kier molecular flexibility index (Phi) is 4.17. The molecule has 0 heterocycles. The third-order valence-electron chi connectivity index (χ3n) is 3.20. The maximum Gasteiger partial charge on any atom is 0.0230 e. The summed E-state index contributed by atoms with van der Waals surface area (Å²) in [5, 5.41) is 0. The molecule has 1 aromatic carbocycles. The van der Waals surface area contributed by atoms with Crippen LogP contribution in [0.5, 0.6) is 0 Å². The Hall–Kier alpha value is -1.08. The molecular weight excluding hydrogens is 194 g/mol. The lowest BCUT2D eigenvalue weighted by molar-refractivity contribution is 0.281. The van der Waals surface area contributed by atoms with E-state index in [0.717, 1.165) is 12.5 Å². The quantitative estimate of drug-likeness (QED) is 0.695. The van der Waals surface area contributed by atoms with E-state index in [9.17, 15) is 0 Å². The summed E-state index contributed by atoms with van der Waals surface area (Å²) in [4.78, 5) is 2.43. The van der Waals surface area contributed by atoms with Crippen molar-refractivity contribution in [1.29, 1.82) is 0 Å². The lowest BCUT2D eigenvalue weighted by Gasteiger charge is -2.23. The molecule has 0 saturated heterocycles. The molecular formula is C15H21N. The van der Waals surface area contributed by atoms with Gasteiger partial charge in [0.2, 0.25) is 0 Å². The highest BCUT2D eigenvalue weighted by Gasteiger charge is 2.11. The fourth-order valence-electron chi connectivity index (χ4n) is 2.39. The molecule has 1 heteroatoms. The lowest BCUT2D eigenvalue weighted by Crippen LogP contribution is -2.25. The van der Waals surface area contributed by atoms with E-state index in [4.69, 9.17) is 0 Å². The fourth-order valence-corrected chi connectivity index (χ4v) is 2.39. The first-order chi connectivity index (χ1) is 7.84. The monoisotopic (exact) mass is 215 g/mol. The van der Waals surface area contributed by atoms with Crippen molar-refractivity contribution in [2.45, 2.75) is 25.8 Å². The van der Waals surface area contributed by atoms with Gasteiger partial charge in [0.25, 0.3) is 0 Å². The first-order valence-electron chi connectivity index (χ1n) is 6.24. The molecule has 1 aliphatic carbocycles. The van der Waals surface area contributed by atoms with E-state index in [2.05, 4.69) is 54.4 Å². The van der Waals surface area contributed by atoms with Gasteiger partial charge in [0, 0.05) is 13.1 Å². The van der Waals surface area contributed by atoms with Gasteiger partial charge in [0.1, 0.15) is 0 Å². The van der Waals surface area contributed by atoms with Crippen LogP contribution in [-0.2, 0) is 6.54 Å². The first kappa shape index (κ1) is 11.4. The zero-order valence-corrected chi connectivity index (χ0v) is 10.1. The minimum absolute atomic E-state index is 0.766. The fraction of sp³-hybridized carbons (Fsp3) is 0.467. The Morgan fingerprint density at radius 2 is 2.06 bits per heavy atom. The van der Waals surface area contributed by atoms with Crippen LogP contribution < -0.4 is 0 Å². The molecule has 1 atom stereocenters. The molecule has 0 fully saturated rings. The van der Waals surface area contributed by atoms with Crippen molar-refractivity contribution in [3.63, 3.8) is 0 Å². The zero-order chi connectivity index (χ0) is 11.2. The Bertz CT molecular complexity index is 329. The van der Waals surface area contributed by atoms with Gasteiger partial charge >= 0.3 is 0 Å². The van der Waals surface area contributed by atoms with E-state index in [1.54, 1.807) is 0 Å². The van der Waals surface area contributed by atoms with E-state index >= 15 is 0 Å². The number of benzene rings is 1. The molecule has 0 bridgehead atoms. The highest BCUT2D eigenvalue weighted by Crippen LogP contribution is 2.18. The molecule has 0 spiro atoms. The van der Waals surface area contributed by atoms with Gasteiger partial charge in [-0.15, -0.1) is 0 Å². The maximum absolute atomic E-state index is 2.43. The molecule has 16 heavy (non-hydrogen) atoms. The van der Waals surface area contributed by atoms with Crippen LogP contribution in [0, 0.1) is 5.92 Å². The normalized spacial score (nSPS) is 20.2. The Labute approximate surface area is 98.8 Å². The molecule has 1 aliphatic rings. The summed E-state index contributed by atoms with van der Waals surface area (Å²) in [6.45, 7) is 2.25. The summed E-state index contributed by atoms with van der Waals surface area (Å²) in [6.07, 6.45) is 8.73. The Morgan fingerprint density at radius 1 is 1.25 bits per heavy atom. The second-order valence-corrected chi connectivity index (χ2v) is 4.80. The maximum atomic E-state index is 2.43. The number of allylic oxidation sites excluding steroid dienone is 1. The largest absolute Gasteiger partial charge is 0.302 e. The molecule has 0 aliphatic heterocycles. The van der Waals surface area contributed by atoms with Gasteiger partial charge in [0.15, 0.2) is 0 Å². The van der Waals surface area contributed by atoms with Gasteiger partial charge < -0.3 is 4.90 Å². The summed E-state index contributed by atoms with van der Waals surface area (Å²) in [5.74, 6) is 0.766. The highest BCUT2D eigenvalue weighted by atomic mass is 15.1. The first-order valence-corrected chi connectivity index (χ1v) is 6.24. The summed E-state index contributed by atoms with van der Waals surface area (Å²) in [5.41, 5.74) is 1.41. The summed E-state index contributed by atoms with van der Waals surface area (Å²) in [7, 11) is 2.22. The van der Waals surface area contributed by atoms with Crippen molar-refractivity contribution in [3.8, 4) is 0 Å². The van der Waals surface area contributed by atoms with Gasteiger partial charge in [-0.3, -0.25) is 0 Å². The van der Waals surface area contributed by atoms with E-state index in [1.165, 1.54) is 31.4 Å². The van der Waals surface area contributed by atoms with Crippen molar-refractivity contribution in [2.75, 3.05) is 13.6 Å². The van der Waals surface area contributed by atoms with Gasteiger partial charge in [-0.2, -0.15) is 0 Å². The van der Waals surface area contributed by atoms with Gasteiger partial charge in [-0.05, 0) is 37.8 Å². The second kappa shape index (κ2) is 5.86. The molecule has 1 unspecified atom stereocenters. The minimum Gasteiger partial charge on any atom is -0.302 e. The summed E-state index contributed by atoms with van der Waals surface area (Å²) < 4.78 is 0. The van der Waals surface area contributed by atoms with Crippen molar-refractivity contribution in [3.05, 3.63) is 48.0 Å². The van der Waals surface area contributed by atoms with Crippen molar-refractivity contribution in [2.24, 2.45) is 5.92 Å². The zero-order valence-electron chi connectivity index (χ0n) is 10.1. The van der Waals surface area contributed by atoms with E-state index < -0.39 is 0 Å². The van der Waals surface area contributed by atoms with Crippen molar-refractivity contribution in [1.82, 2.24) is 4.90 Å². The molecule has 2 rings (SSSR count). The number of hydrogen-bond donors (Lipinski definition) is 0. The molecule has 1 aromatic rings. The van der Waals surface area contributed by atoms with Gasteiger partial charge in [0.05, 0.1) is 0 Å². The average molecular weight is 215 g/mol. The Balaban J connectivity index is 1.82. The van der Waals surface area contributed by atoms with E-state index in [-0.39, 0.29) is 0 Å². The molecule has 86 valence electrons. The molecule has 0 radical (unpaired) electrons. The minimum atomic E-state index is 0.766. The summed E-state index contributed by atoms with van der Waals surface area (Å²) >= 11 is 0. The van der Waals surface area contributed by atoms with Crippen LogP contribution in [0.15, 0.2) is 42.5 Å². The standard InChI is InChI=1S/C15H21N/c1-16(12-14-8-4-2-5-9-14)13-15-10-6-3-7-11-15/h2,4-6,8-10,15H,3,7,11-13H2,1H3. The van der Waals surface area contributed by atoms with Crippen molar-refractivity contribution >= 4 is 0 Å². The molecule has 0 amide bonds. The Morgan fingerprint density at radius 3 is 2.75 bits per heavy atom. The van der Waals surface area contributed by atoms with Crippen LogP contribution in [-0.4, -0.2) is 18.5 Å². The van der Waals surface area contributed by atoms with Gasteiger partial charge in [-0.25, -0.2) is 0 Å². The topological polar surface area (TPSA) is 3.24 Å². The third kappa shape index (κ3) is 3.49. The van der Waals surface area contributed by atoms with Gasteiger partial charge in [-0.1, -0.05) is 42.5 Å². The predicted octanol–water partition coefficient (Wildman–Crippen LogP) is 3.47. The van der Waals surface area contributed by atoms with E-state index in [0.29, 0.717) is 0 Å². The van der Waals surface area contributed by atoms with Crippen LogP contribution in [0.3, 0.4) is 0 Å². The van der Waals surface area contributed by atoms with Crippen molar-refractivity contribution < 1.29 is 0 Å². The molecule has 0 N–H and O–H groups in total. The van der Waals surface area contributed by atoms with Crippen LogP contribution in [0.25, 0.3) is 0 Å². The molecule has 1 nitrogen and oxygen atoms in total. The van der Waals surface area contributed by atoms with Crippen LogP contribution in [0.2, 0.25) is 0 Å². The number of hydrogen-bond acceptors (Lipinski definition) is 1. The highest BCUT2D eigenvalue weighted by molar-refractivity contribution is 5.14. The van der Waals surface area contributed by atoms with Crippen LogP contribution in [0.1, 0.15) is 24.8 Å². The van der Waals surface area contributed by atoms with E-state index in [1.807, 2.05) is 0 Å². The third-order valence-corrected chi connectivity index (χ3v) is 3.20. The second-order valence-electron chi connectivity index (χ2n) is 4.80. The smallest absolute Gasteiger partial charge is 0.0230 e. The molecule has 0 aromatic heterocycles. The predicted molar refractivity (Wildman–Crippen MR) is 69.3 cm³/mol. The molecule has 0 saturated carbocycles. The van der Waals surface area contributed by atoms with Crippen LogP contribution >= 0.6 is 0 Å². The number of rotatable bonds is 4.